The summed E-state index contributed by atoms with van der Waals surface area (Å²) in [6.45, 7) is 5.35. The molecule has 1 aliphatic rings. The average Bonchev–Trinajstić information content (AvgIpc) is 2.66. The van der Waals surface area contributed by atoms with Crippen LogP contribution in [-0.2, 0) is 9.59 Å². The van der Waals surface area contributed by atoms with Gasteiger partial charge in [0.05, 0.1) is 5.69 Å². The molecular weight excluding hydrogens is 344 g/mol. The fourth-order valence-corrected chi connectivity index (χ4v) is 3.12. The number of likely N-dealkylation sites (N-methyl/N-ethyl adjacent to an activating group) is 1. The zero-order chi connectivity index (χ0) is 19.6. The minimum atomic E-state index is -0.694. The molecule has 2 amide bonds. The summed E-state index contributed by atoms with van der Waals surface area (Å²) in [5.41, 5.74) is 1.69. The number of Topliss-reactive ketones (excluding diaryl/α,β-unsaturated/α-hetero) is 1. The molecule has 0 saturated carbocycles. The molecule has 0 radical (unpaired) electrons. The predicted octanol–water partition coefficient (Wildman–Crippen LogP) is 3.06. The van der Waals surface area contributed by atoms with Gasteiger partial charge in [-0.3, -0.25) is 19.3 Å². The minimum absolute atomic E-state index is 0.116. The molecule has 2 aromatic rings. The van der Waals surface area contributed by atoms with Gasteiger partial charge in [0, 0.05) is 17.8 Å². The number of fused-ring (bicyclic) bond motifs is 1. The van der Waals surface area contributed by atoms with Crippen LogP contribution in [0.25, 0.3) is 0 Å². The molecule has 1 unspecified atom stereocenters. The van der Waals surface area contributed by atoms with E-state index in [0.29, 0.717) is 23.5 Å². The Morgan fingerprint density at radius 1 is 1.15 bits per heavy atom. The monoisotopic (exact) mass is 366 g/mol. The summed E-state index contributed by atoms with van der Waals surface area (Å²) in [4.78, 5) is 40.4. The molecule has 2 aromatic carbocycles. The second-order valence-corrected chi connectivity index (χ2v) is 6.40. The first-order valence-corrected chi connectivity index (χ1v) is 8.90. The van der Waals surface area contributed by atoms with E-state index in [1.54, 1.807) is 30.0 Å². The highest BCUT2D eigenvalue weighted by molar-refractivity contribution is 6.07. The molecule has 140 valence electrons. The molecule has 0 aliphatic carbocycles. The van der Waals surface area contributed by atoms with Crippen LogP contribution in [0.2, 0.25) is 0 Å². The lowest BCUT2D eigenvalue weighted by Crippen LogP contribution is -2.49. The maximum atomic E-state index is 12.9. The number of benzene rings is 2. The fraction of sp³-hybridized carbons (Fsp3) is 0.286. The number of carbonyl (C=O) groups is 3. The van der Waals surface area contributed by atoms with Crippen LogP contribution in [0, 0.1) is 0 Å². The number of carbonyl (C=O) groups excluding carboxylic acids is 3. The van der Waals surface area contributed by atoms with E-state index in [-0.39, 0.29) is 24.1 Å². The Kier molecular flexibility index (Phi) is 5.26. The Morgan fingerprint density at radius 3 is 2.48 bits per heavy atom. The predicted molar refractivity (Wildman–Crippen MR) is 103 cm³/mol. The normalized spacial score (nSPS) is 15.7. The lowest BCUT2D eigenvalue weighted by molar-refractivity contribution is -0.127. The third-order valence-electron chi connectivity index (χ3n) is 4.55. The first kappa shape index (κ1) is 18.6. The van der Waals surface area contributed by atoms with Crippen LogP contribution in [0.15, 0.2) is 48.5 Å². The lowest BCUT2D eigenvalue weighted by Gasteiger charge is -2.34. The molecule has 6 nitrogen and oxygen atoms in total. The van der Waals surface area contributed by atoms with Gasteiger partial charge >= 0.3 is 0 Å². The van der Waals surface area contributed by atoms with E-state index in [2.05, 4.69) is 0 Å². The summed E-state index contributed by atoms with van der Waals surface area (Å²) < 4.78 is 5.63. The Hall–Kier alpha value is -3.15. The summed E-state index contributed by atoms with van der Waals surface area (Å²) in [5.74, 6) is -0.136. The van der Waals surface area contributed by atoms with Crippen LogP contribution >= 0.6 is 0 Å². The summed E-state index contributed by atoms with van der Waals surface area (Å²) in [5, 5.41) is 0. The van der Waals surface area contributed by atoms with Crippen molar-refractivity contribution in [3.05, 3.63) is 54.1 Å². The third-order valence-corrected chi connectivity index (χ3v) is 4.55. The molecule has 0 saturated heterocycles. The van der Waals surface area contributed by atoms with Gasteiger partial charge in [-0.05, 0) is 51.1 Å². The number of nitrogens with zero attached hydrogens (tertiary/aromatic N) is 2. The molecular formula is C21H22N2O4. The van der Waals surface area contributed by atoms with Gasteiger partial charge in [-0.15, -0.1) is 0 Å². The summed E-state index contributed by atoms with van der Waals surface area (Å²) >= 11 is 0. The van der Waals surface area contributed by atoms with Gasteiger partial charge in [0.1, 0.15) is 12.3 Å². The van der Waals surface area contributed by atoms with E-state index < -0.39 is 6.10 Å². The topological polar surface area (TPSA) is 66.9 Å². The van der Waals surface area contributed by atoms with Crippen molar-refractivity contribution in [1.29, 1.82) is 0 Å². The van der Waals surface area contributed by atoms with Crippen molar-refractivity contribution in [1.82, 2.24) is 0 Å². The Balaban J connectivity index is 1.93. The van der Waals surface area contributed by atoms with Crippen molar-refractivity contribution < 1.29 is 19.1 Å². The number of amides is 2. The van der Waals surface area contributed by atoms with E-state index in [9.17, 15) is 14.4 Å². The average molecular weight is 366 g/mol. The van der Waals surface area contributed by atoms with Gasteiger partial charge in [0.25, 0.3) is 5.91 Å². The number of rotatable bonds is 5. The number of ketones is 1. The minimum Gasteiger partial charge on any atom is -0.479 e. The smallest absolute Gasteiger partial charge is 0.268 e. The van der Waals surface area contributed by atoms with Crippen LogP contribution in [0.5, 0.6) is 5.75 Å². The molecule has 0 spiro atoms. The number of hydrogen-bond acceptors (Lipinski definition) is 4. The van der Waals surface area contributed by atoms with Crippen molar-refractivity contribution in [3.63, 3.8) is 0 Å². The summed E-state index contributed by atoms with van der Waals surface area (Å²) in [6.07, 6.45) is -0.694. The highest BCUT2D eigenvalue weighted by Crippen LogP contribution is 2.35. The van der Waals surface area contributed by atoms with Crippen LogP contribution in [0.3, 0.4) is 0 Å². The molecule has 1 heterocycles. The molecule has 0 aromatic heterocycles. The van der Waals surface area contributed by atoms with Crippen LogP contribution in [0.4, 0.5) is 11.4 Å². The number of anilines is 2. The fourth-order valence-electron chi connectivity index (χ4n) is 3.12. The van der Waals surface area contributed by atoms with E-state index in [1.165, 1.54) is 11.8 Å². The van der Waals surface area contributed by atoms with Crippen molar-refractivity contribution in [2.24, 2.45) is 0 Å². The number of ether oxygens (including phenoxy) is 1. The second kappa shape index (κ2) is 7.61. The Labute approximate surface area is 158 Å². The van der Waals surface area contributed by atoms with Gasteiger partial charge < -0.3 is 9.64 Å². The highest BCUT2D eigenvalue weighted by atomic mass is 16.5. The molecule has 3 rings (SSSR count). The Morgan fingerprint density at radius 2 is 1.85 bits per heavy atom. The molecule has 6 heteroatoms. The zero-order valence-corrected chi connectivity index (χ0v) is 15.6. The van der Waals surface area contributed by atoms with E-state index in [0.717, 1.165) is 5.69 Å². The van der Waals surface area contributed by atoms with Gasteiger partial charge in [-0.25, -0.2) is 0 Å². The maximum absolute atomic E-state index is 12.9. The maximum Gasteiger partial charge on any atom is 0.268 e. The zero-order valence-electron chi connectivity index (χ0n) is 15.6. The van der Waals surface area contributed by atoms with Crippen LogP contribution < -0.4 is 14.5 Å². The molecule has 0 bridgehead atoms. The summed E-state index contributed by atoms with van der Waals surface area (Å²) in [7, 11) is 0. The largest absolute Gasteiger partial charge is 0.479 e. The number of para-hydroxylation sites is 1. The number of hydrogen-bond donors (Lipinski definition) is 0. The van der Waals surface area contributed by atoms with Crippen LogP contribution in [0.1, 0.15) is 31.1 Å². The first-order chi connectivity index (χ1) is 12.9. The summed E-state index contributed by atoms with van der Waals surface area (Å²) in [6, 6.07) is 14.2. The lowest BCUT2D eigenvalue weighted by atomic mass is 10.1. The molecule has 0 N–H and O–H groups in total. The van der Waals surface area contributed by atoms with E-state index in [1.807, 2.05) is 37.3 Å². The SMILES string of the molecule is CCN(C(=O)CN1C(=O)C(C)Oc2ccc(C(C)=O)cc21)c1ccccc1. The molecule has 0 fully saturated rings. The van der Waals surface area contributed by atoms with Gasteiger partial charge in [0.15, 0.2) is 11.9 Å². The molecule has 1 atom stereocenters. The first-order valence-electron chi connectivity index (χ1n) is 8.90. The second-order valence-electron chi connectivity index (χ2n) is 6.40. The standard InChI is InChI=1S/C21H22N2O4/c1-4-22(17-8-6-5-7-9-17)20(25)13-23-18-12-16(14(2)24)10-11-19(18)27-15(3)21(23)26/h5-12,15H,4,13H2,1-3H3. The van der Waals surface area contributed by atoms with Crippen LogP contribution in [-0.4, -0.2) is 36.8 Å². The highest BCUT2D eigenvalue weighted by Gasteiger charge is 2.34. The van der Waals surface area contributed by atoms with Gasteiger partial charge in [-0.2, -0.15) is 0 Å². The van der Waals surface area contributed by atoms with Crippen molar-refractivity contribution >= 4 is 29.0 Å². The third kappa shape index (κ3) is 3.69. The van der Waals surface area contributed by atoms with Crippen molar-refractivity contribution in [2.75, 3.05) is 22.9 Å². The quantitative estimate of drug-likeness (QED) is 0.763. The molecule has 27 heavy (non-hydrogen) atoms. The van der Waals surface area contributed by atoms with E-state index in [4.69, 9.17) is 4.74 Å². The van der Waals surface area contributed by atoms with E-state index >= 15 is 0 Å². The Bertz CT molecular complexity index is 879. The van der Waals surface area contributed by atoms with Gasteiger partial charge in [0.2, 0.25) is 5.91 Å². The van der Waals surface area contributed by atoms with Crippen molar-refractivity contribution in [3.8, 4) is 5.75 Å². The van der Waals surface area contributed by atoms with Gasteiger partial charge in [-0.1, -0.05) is 18.2 Å². The molecule has 1 aliphatic heterocycles. The van der Waals surface area contributed by atoms with Crippen molar-refractivity contribution in [2.45, 2.75) is 26.9 Å².